The Morgan fingerprint density at radius 1 is 1.47 bits per heavy atom. The zero-order chi connectivity index (χ0) is 13.4. The minimum absolute atomic E-state index is 0.0378. The molecule has 3 heterocycles. The summed E-state index contributed by atoms with van der Waals surface area (Å²) in [5, 5.41) is 9.32. The van der Waals surface area contributed by atoms with E-state index in [1.807, 2.05) is 12.1 Å². The van der Waals surface area contributed by atoms with E-state index >= 15 is 0 Å². The molecule has 2 saturated heterocycles. The highest BCUT2D eigenvalue weighted by atomic mass is 35.5. The molecule has 2 atom stereocenters. The lowest BCUT2D eigenvalue weighted by atomic mass is 9.83. The van der Waals surface area contributed by atoms with E-state index in [-0.39, 0.29) is 17.9 Å². The predicted octanol–water partition coefficient (Wildman–Crippen LogP) is 4.05. The Labute approximate surface area is 125 Å². The number of carbonyl (C=O) groups is 1. The summed E-state index contributed by atoms with van der Waals surface area (Å²) in [4.78, 5) is 12.0. The van der Waals surface area contributed by atoms with Crippen LogP contribution in [0.1, 0.15) is 25.7 Å². The molecule has 1 N–H and O–H groups in total. The van der Waals surface area contributed by atoms with E-state index in [1.54, 1.807) is 23.3 Å². The van der Waals surface area contributed by atoms with Gasteiger partial charge in [0.25, 0.3) is 0 Å². The second-order valence-corrected chi connectivity index (χ2v) is 7.84. The van der Waals surface area contributed by atoms with E-state index in [0.717, 1.165) is 34.1 Å². The van der Waals surface area contributed by atoms with Crippen LogP contribution in [0, 0.1) is 0 Å². The predicted molar refractivity (Wildman–Crippen MR) is 78.8 cm³/mol. The van der Waals surface area contributed by atoms with Crippen molar-refractivity contribution in [2.24, 2.45) is 0 Å². The van der Waals surface area contributed by atoms with Gasteiger partial charge in [-0.1, -0.05) is 11.6 Å². The number of thiophene rings is 1. The second kappa shape index (κ2) is 5.48. The molecule has 1 aromatic heterocycles. The normalized spacial score (nSPS) is 29.9. The molecular weight excluding hydrogens is 302 g/mol. The van der Waals surface area contributed by atoms with Crippen molar-refractivity contribution >= 4 is 40.7 Å². The Hall–Kier alpha value is -0.490. The number of aliphatic hydroxyl groups is 1. The molecule has 0 radical (unpaired) electrons. The van der Waals surface area contributed by atoms with E-state index in [9.17, 15) is 9.90 Å². The van der Waals surface area contributed by atoms with Crippen LogP contribution in [0.5, 0.6) is 0 Å². The Morgan fingerprint density at radius 3 is 3.00 bits per heavy atom. The summed E-state index contributed by atoms with van der Waals surface area (Å²) in [5.41, 5.74) is 0.561. The summed E-state index contributed by atoms with van der Waals surface area (Å²) in [6, 6.07) is 4.21. The maximum atomic E-state index is 12.0. The zero-order valence-corrected chi connectivity index (χ0v) is 12.6. The summed E-state index contributed by atoms with van der Waals surface area (Å²) in [7, 11) is 0. The van der Waals surface area contributed by atoms with Crippen LogP contribution < -0.4 is 0 Å². The third kappa shape index (κ3) is 2.57. The molecule has 0 aliphatic carbocycles. The third-order valence-electron chi connectivity index (χ3n) is 3.67. The van der Waals surface area contributed by atoms with Crippen LogP contribution in [0.4, 0.5) is 0 Å². The zero-order valence-electron chi connectivity index (χ0n) is 10.2. The Balaban J connectivity index is 1.85. The third-order valence-corrected chi connectivity index (χ3v) is 6.25. The highest BCUT2D eigenvalue weighted by Gasteiger charge is 2.42. The number of hydrogen-bond acceptors (Lipinski definition) is 5. The number of rotatable bonds is 2. The first kappa shape index (κ1) is 13.5. The van der Waals surface area contributed by atoms with Crippen molar-refractivity contribution in [2.45, 2.75) is 42.0 Å². The van der Waals surface area contributed by atoms with Gasteiger partial charge in [0.05, 0.1) is 20.8 Å². The van der Waals surface area contributed by atoms with Gasteiger partial charge >= 0.3 is 0 Å². The van der Waals surface area contributed by atoms with Gasteiger partial charge in [0, 0.05) is 18.0 Å². The molecule has 2 aliphatic rings. The highest BCUT2D eigenvalue weighted by molar-refractivity contribution is 7.99. The first-order valence-corrected chi connectivity index (χ1v) is 8.25. The van der Waals surface area contributed by atoms with Gasteiger partial charge in [-0.25, -0.2) is 4.31 Å². The molecule has 102 valence electrons. The maximum absolute atomic E-state index is 12.0. The van der Waals surface area contributed by atoms with Gasteiger partial charge in [0.2, 0.25) is 0 Å². The van der Waals surface area contributed by atoms with Gasteiger partial charge in [-0.05, 0) is 43.3 Å². The summed E-state index contributed by atoms with van der Waals surface area (Å²) < 4.78 is 4.18. The Bertz CT molecular complexity index is 528. The average molecular weight is 316 g/mol. The molecule has 19 heavy (non-hydrogen) atoms. The molecule has 2 unspecified atom stereocenters. The van der Waals surface area contributed by atoms with Crippen LogP contribution in [0.3, 0.4) is 0 Å². The van der Waals surface area contributed by atoms with Gasteiger partial charge in [-0.3, -0.25) is 4.79 Å². The molecule has 3 nitrogen and oxygen atoms in total. The van der Waals surface area contributed by atoms with E-state index in [2.05, 4.69) is 4.31 Å². The SMILES string of the molecule is O=C1CC2CCCC(/C1=C/O)N2Sc1ccc(Cl)s1. The van der Waals surface area contributed by atoms with Crippen LogP contribution in [0.15, 0.2) is 28.2 Å². The Kier molecular flexibility index (Phi) is 3.89. The second-order valence-electron chi connectivity index (χ2n) is 4.82. The number of halogens is 1. The quantitative estimate of drug-likeness (QED) is 0.508. The van der Waals surface area contributed by atoms with Crippen molar-refractivity contribution in [3.63, 3.8) is 0 Å². The largest absolute Gasteiger partial charge is 0.515 e. The topological polar surface area (TPSA) is 40.5 Å². The van der Waals surface area contributed by atoms with Gasteiger partial charge in [0.1, 0.15) is 0 Å². The van der Waals surface area contributed by atoms with E-state index in [1.165, 1.54) is 0 Å². The fourth-order valence-corrected chi connectivity index (χ4v) is 5.41. The fourth-order valence-electron chi connectivity index (χ4n) is 2.80. The molecular formula is C13H14ClNO2S2. The van der Waals surface area contributed by atoms with Crippen molar-refractivity contribution in [1.29, 1.82) is 0 Å². The first-order chi connectivity index (χ1) is 9.19. The molecule has 0 spiro atoms. The number of hydrogen-bond donors (Lipinski definition) is 1. The van der Waals surface area contributed by atoms with Crippen LogP contribution in [0.2, 0.25) is 4.34 Å². The monoisotopic (exact) mass is 315 g/mol. The fraction of sp³-hybridized carbons (Fsp3) is 0.462. The number of Topliss-reactive ketones (excluding diaryl/α,β-unsaturated/α-hetero) is 1. The van der Waals surface area contributed by atoms with Crippen LogP contribution >= 0.6 is 34.9 Å². The lowest BCUT2D eigenvalue weighted by Crippen LogP contribution is -2.50. The number of piperidine rings is 2. The summed E-state index contributed by atoms with van der Waals surface area (Å²) >= 11 is 9.17. The number of ketones is 1. The molecule has 2 fully saturated rings. The number of nitrogens with zero attached hydrogens (tertiary/aromatic N) is 1. The smallest absolute Gasteiger partial charge is 0.165 e. The van der Waals surface area contributed by atoms with Gasteiger partial charge < -0.3 is 5.11 Å². The highest BCUT2D eigenvalue weighted by Crippen LogP contribution is 2.44. The van der Waals surface area contributed by atoms with Gasteiger partial charge in [-0.2, -0.15) is 0 Å². The minimum atomic E-state index is 0.0378. The Morgan fingerprint density at radius 2 is 2.32 bits per heavy atom. The molecule has 0 amide bonds. The number of carbonyl (C=O) groups excluding carboxylic acids is 1. The van der Waals surface area contributed by atoms with Crippen molar-refractivity contribution < 1.29 is 9.90 Å². The first-order valence-electron chi connectivity index (χ1n) is 6.28. The minimum Gasteiger partial charge on any atom is -0.515 e. The lowest BCUT2D eigenvalue weighted by molar-refractivity contribution is -0.119. The molecule has 2 aliphatic heterocycles. The summed E-state index contributed by atoms with van der Waals surface area (Å²) in [6.45, 7) is 0. The van der Waals surface area contributed by atoms with E-state index in [4.69, 9.17) is 11.6 Å². The van der Waals surface area contributed by atoms with Crippen molar-refractivity contribution in [3.8, 4) is 0 Å². The summed E-state index contributed by atoms with van der Waals surface area (Å²) in [5.74, 6) is 0.0956. The van der Waals surface area contributed by atoms with Crippen molar-refractivity contribution in [1.82, 2.24) is 4.31 Å². The molecule has 0 saturated carbocycles. The molecule has 2 bridgehead atoms. The maximum Gasteiger partial charge on any atom is 0.165 e. The molecule has 6 heteroatoms. The van der Waals surface area contributed by atoms with Crippen LogP contribution in [-0.2, 0) is 4.79 Å². The van der Waals surface area contributed by atoms with Crippen molar-refractivity contribution in [2.75, 3.05) is 0 Å². The van der Waals surface area contributed by atoms with Crippen LogP contribution in [0.25, 0.3) is 0 Å². The average Bonchev–Trinajstić information content (AvgIpc) is 2.77. The molecule has 1 aromatic rings. The van der Waals surface area contributed by atoms with Crippen LogP contribution in [-0.4, -0.2) is 27.3 Å². The van der Waals surface area contributed by atoms with E-state index < -0.39 is 0 Å². The molecule has 3 rings (SSSR count). The molecule has 0 aromatic carbocycles. The summed E-state index contributed by atoms with van der Waals surface area (Å²) in [6.07, 6.45) is 4.61. The van der Waals surface area contributed by atoms with Gasteiger partial charge in [0.15, 0.2) is 5.78 Å². The standard InChI is InChI=1S/C13H14ClNO2S2/c14-12-4-5-13(18-12)19-15-8-2-1-3-10(15)9(7-16)11(17)6-8/h4-5,7-8,10,16H,1-3,6H2/b9-7-. The van der Waals surface area contributed by atoms with Gasteiger partial charge in [-0.15, -0.1) is 11.3 Å². The number of aliphatic hydroxyl groups excluding tert-OH is 1. The van der Waals surface area contributed by atoms with E-state index in [0.29, 0.717) is 12.0 Å². The lowest BCUT2D eigenvalue weighted by Gasteiger charge is -2.44. The van der Waals surface area contributed by atoms with Crippen molar-refractivity contribution in [3.05, 3.63) is 28.3 Å². The number of fused-ring (bicyclic) bond motifs is 2.